The largest absolute Gasteiger partial charge is 0.336 e. The Labute approximate surface area is 88.8 Å². The summed E-state index contributed by atoms with van der Waals surface area (Å²) < 4.78 is 0. The lowest BCUT2D eigenvalue weighted by Gasteiger charge is -2.22. The van der Waals surface area contributed by atoms with Crippen molar-refractivity contribution in [3.63, 3.8) is 0 Å². The number of nitrogens with zero attached hydrogens (tertiary/aromatic N) is 2. The summed E-state index contributed by atoms with van der Waals surface area (Å²) in [5.41, 5.74) is 1.41. The van der Waals surface area contributed by atoms with Gasteiger partial charge in [0.05, 0.1) is 0 Å². The first-order valence-electron chi connectivity index (χ1n) is 5.18. The molecule has 5 nitrogen and oxygen atoms in total. The third-order valence-electron chi connectivity index (χ3n) is 2.83. The van der Waals surface area contributed by atoms with Gasteiger partial charge in [-0.25, -0.2) is 0 Å². The number of nitrogens with one attached hydrogen (secondary N) is 2. The van der Waals surface area contributed by atoms with Gasteiger partial charge in [-0.05, 0) is 26.0 Å². The number of aryl methyl sites for hydroxylation is 1. The number of rotatable bonds is 2. The smallest absolute Gasteiger partial charge is 0.274 e. The fraction of sp³-hybridized carbons (Fsp3) is 0.600. The summed E-state index contributed by atoms with van der Waals surface area (Å²) in [4.78, 5) is 13.7. The number of aromatic nitrogens is 2. The van der Waals surface area contributed by atoms with Crippen LogP contribution in [0.1, 0.15) is 22.6 Å². The number of H-pyrrole nitrogens is 1. The molecule has 1 aromatic rings. The maximum atomic E-state index is 12.0. The van der Waals surface area contributed by atoms with Crippen molar-refractivity contribution < 1.29 is 4.79 Å². The number of aromatic amines is 1. The quantitative estimate of drug-likeness (QED) is 0.727. The van der Waals surface area contributed by atoms with E-state index in [-0.39, 0.29) is 5.91 Å². The second-order valence-electron chi connectivity index (χ2n) is 4.00. The van der Waals surface area contributed by atoms with Gasteiger partial charge >= 0.3 is 0 Å². The van der Waals surface area contributed by atoms with Crippen molar-refractivity contribution in [3.8, 4) is 0 Å². The standard InChI is InChI=1S/C10H16N4O/c1-7-5-9(13-12-7)10(15)14(2)8-3-4-11-6-8/h5,8,11H,3-4,6H2,1-2H3,(H,12,13). The molecule has 0 spiro atoms. The van der Waals surface area contributed by atoms with Crippen LogP contribution in [0.15, 0.2) is 6.07 Å². The van der Waals surface area contributed by atoms with Crippen LogP contribution in [-0.4, -0.2) is 47.2 Å². The minimum atomic E-state index is -0.00644. The predicted octanol–water partition coefficient (Wildman–Crippen LogP) is 0.152. The fourth-order valence-corrected chi connectivity index (χ4v) is 1.84. The summed E-state index contributed by atoms with van der Waals surface area (Å²) in [6.45, 7) is 3.76. The average molecular weight is 208 g/mol. The normalized spacial score (nSPS) is 20.5. The molecule has 82 valence electrons. The van der Waals surface area contributed by atoms with Crippen molar-refractivity contribution in [3.05, 3.63) is 17.5 Å². The lowest BCUT2D eigenvalue weighted by atomic mass is 10.2. The summed E-state index contributed by atoms with van der Waals surface area (Å²) in [6, 6.07) is 2.08. The zero-order valence-electron chi connectivity index (χ0n) is 9.08. The lowest BCUT2D eigenvalue weighted by Crippen LogP contribution is -2.38. The van der Waals surface area contributed by atoms with Gasteiger partial charge < -0.3 is 10.2 Å². The van der Waals surface area contributed by atoms with E-state index in [1.165, 1.54) is 0 Å². The van der Waals surface area contributed by atoms with E-state index in [0.717, 1.165) is 25.2 Å². The molecular formula is C10H16N4O. The Hall–Kier alpha value is -1.36. The van der Waals surface area contributed by atoms with Crippen LogP contribution in [0.25, 0.3) is 0 Å². The molecule has 1 aromatic heterocycles. The van der Waals surface area contributed by atoms with Crippen molar-refractivity contribution in [1.82, 2.24) is 20.4 Å². The molecule has 0 aromatic carbocycles. The number of carbonyl (C=O) groups is 1. The molecule has 2 N–H and O–H groups in total. The molecule has 15 heavy (non-hydrogen) atoms. The Kier molecular flexibility index (Phi) is 2.73. The molecule has 1 unspecified atom stereocenters. The number of likely N-dealkylation sites (N-methyl/N-ethyl adjacent to an activating group) is 1. The highest BCUT2D eigenvalue weighted by Crippen LogP contribution is 2.10. The third kappa shape index (κ3) is 2.02. The molecule has 1 fully saturated rings. The van der Waals surface area contributed by atoms with Gasteiger partial charge in [-0.1, -0.05) is 0 Å². The van der Waals surface area contributed by atoms with Gasteiger partial charge in [0, 0.05) is 25.3 Å². The lowest BCUT2D eigenvalue weighted by molar-refractivity contribution is 0.0738. The molecule has 0 saturated carbocycles. The van der Waals surface area contributed by atoms with E-state index in [9.17, 15) is 4.79 Å². The van der Waals surface area contributed by atoms with Crippen LogP contribution in [0.4, 0.5) is 0 Å². The second-order valence-corrected chi connectivity index (χ2v) is 4.00. The SMILES string of the molecule is Cc1cc(C(=O)N(C)C2CCNC2)n[nH]1. The van der Waals surface area contributed by atoms with E-state index in [1.54, 1.807) is 11.0 Å². The Balaban J connectivity index is 2.06. The summed E-state index contributed by atoms with van der Waals surface area (Å²) in [6.07, 6.45) is 1.02. The topological polar surface area (TPSA) is 61.0 Å². The van der Waals surface area contributed by atoms with Gasteiger partial charge in [0.25, 0.3) is 5.91 Å². The van der Waals surface area contributed by atoms with Crippen molar-refractivity contribution in [1.29, 1.82) is 0 Å². The van der Waals surface area contributed by atoms with Crippen LogP contribution in [0, 0.1) is 6.92 Å². The molecule has 0 aliphatic carbocycles. The Morgan fingerprint density at radius 3 is 3.00 bits per heavy atom. The summed E-state index contributed by atoms with van der Waals surface area (Å²) >= 11 is 0. The van der Waals surface area contributed by atoms with Gasteiger partial charge in [-0.2, -0.15) is 5.10 Å². The highest BCUT2D eigenvalue weighted by molar-refractivity contribution is 5.92. The minimum Gasteiger partial charge on any atom is -0.336 e. The molecular weight excluding hydrogens is 192 g/mol. The molecule has 2 rings (SSSR count). The van der Waals surface area contributed by atoms with Crippen LogP contribution >= 0.6 is 0 Å². The van der Waals surface area contributed by atoms with E-state index < -0.39 is 0 Å². The average Bonchev–Trinajstić information content (AvgIpc) is 2.85. The van der Waals surface area contributed by atoms with Crippen molar-refractivity contribution in [2.45, 2.75) is 19.4 Å². The highest BCUT2D eigenvalue weighted by atomic mass is 16.2. The first kappa shape index (κ1) is 10.2. The van der Waals surface area contributed by atoms with E-state index in [0.29, 0.717) is 11.7 Å². The summed E-state index contributed by atoms with van der Waals surface area (Å²) in [5, 5.41) is 10.00. The molecule has 2 heterocycles. The van der Waals surface area contributed by atoms with Crippen LogP contribution in [0.2, 0.25) is 0 Å². The maximum absolute atomic E-state index is 12.0. The molecule has 5 heteroatoms. The van der Waals surface area contributed by atoms with Gasteiger partial charge in [-0.3, -0.25) is 9.89 Å². The van der Waals surface area contributed by atoms with Gasteiger partial charge in [-0.15, -0.1) is 0 Å². The van der Waals surface area contributed by atoms with Crippen LogP contribution in [-0.2, 0) is 0 Å². The van der Waals surface area contributed by atoms with Gasteiger partial charge in [0.1, 0.15) is 5.69 Å². The minimum absolute atomic E-state index is 0.00644. The Morgan fingerprint density at radius 2 is 2.47 bits per heavy atom. The monoisotopic (exact) mass is 208 g/mol. The zero-order valence-corrected chi connectivity index (χ0v) is 9.08. The number of amides is 1. The molecule has 1 aliphatic rings. The van der Waals surface area contributed by atoms with Gasteiger partial charge in [0.2, 0.25) is 0 Å². The second kappa shape index (κ2) is 4.02. The summed E-state index contributed by atoms with van der Waals surface area (Å²) in [5.74, 6) is -0.00644. The molecule has 1 amide bonds. The van der Waals surface area contributed by atoms with Crippen LogP contribution in [0.5, 0.6) is 0 Å². The van der Waals surface area contributed by atoms with Crippen molar-refractivity contribution in [2.75, 3.05) is 20.1 Å². The van der Waals surface area contributed by atoms with E-state index in [1.807, 2.05) is 14.0 Å². The van der Waals surface area contributed by atoms with E-state index in [4.69, 9.17) is 0 Å². The Bertz CT molecular complexity index is 354. The molecule has 0 radical (unpaired) electrons. The third-order valence-corrected chi connectivity index (χ3v) is 2.83. The molecule has 1 aliphatic heterocycles. The summed E-state index contributed by atoms with van der Waals surface area (Å²) in [7, 11) is 1.84. The molecule has 1 atom stereocenters. The first-order chi connectivity index (χ1) is 7.18. The number of hydrogen-bond donors (Lipinski definition) is 2. The number of carbonyl (C=O) groups excluding carboxylic acids is 1. The number of hydrogen-bond acceptors (Lipinski definition) is 3. The Morgan fingerprint density at radius 1 is 1.67 bits per heavy atom. The molecule has 0 bridgehead atoms. The zero-order chi connectivity index (χ0) is 10.8. The predicted molar refractivity (Wildman–Crippen MR) is 56.7 cm³/mol. The first-order valence-corrected chi connectivity index (χ1v) is 5.18. The van der Waals surface area contributed by atoms with Crippen molar-refractivity contribution in [2.24, 2.45) is 0 Å². The van der Waals surface area contributed by atoms with Crippen LogP contribution < -0.4 is 5.32 Å². The van der Waals surface area contributed by atoms with Crippen LogP contribution in [0.3, 0.4) is 0 Å². The highest BCUT2D eigenvalue weighted by Gasteiger charge is 2.25. The van der Waals surface area contributed by atoms with E-state index >= 15 is 0 Å². The fourth-order valence-electron chi connectivity index (χ4n) is 1.84. The van der Waals surface area contributed by atoms with E-state index in [2.05, 4.69) is 15.5 Å². The molecule has 1 saturated heterocycles. The maximum Gasteiger partial charge on any atom is 0.274 e. The van der Waals surface area contributed by atoms with Gasteiger partial charge in [0.15, 0.2) is 0 Å². The van der Waals surface area contributed by atoms with Crippen molar-refractivity contribution >= 4 is 5.91 Å².